The maximum atomic E-state index is 12.4. The lowest BCUT2D eigenvalue weighted by molar-refractivity contribution is -0.148. The van der Waals surface area contributed by atoms with E-state index in [1.54, 1.807) is 12.0 Å². The molecule has 1 aliphatic carbocycles. The second-order valence-electron chi connectivity index (χ2n) is 5.55. The van der Waals surface area contributed by atoms with Gasteiger partial charge in [-0.2, -0.15) is 0 Å². The molecular formula is C13H23N3O3. The molecule has 19 heavy (non-hydrogen) atoms. The fourth-order valence-corrected chi connectivity index (χ4v) is 2.90. The molecule has 0 radical (unpaired) electrons. The van der Waals surface area contributed by atoms with E-state index in [4.69, 9.17) is 10.5 Å². The standard InChI is InChI=1S/C13H23N3O3/c1-19-13(4-2-5-13)7-12(18)16(9-11(14)17)10-3-6-15-8-10/h10,15H,2-9H2,1H3,(H2,14,17). The lowest BCUT2D eigenvalue weighted by Gasteiger charge is -2.41. The number of hydrogen-bond donors (Lipinski definition) is 2. The number of rotatable bonds is 6. The molecule has 0 bridgehead atoms. The summed E-state index contributed by atoms with van der Waals surface area (Å²) in [5.74, 6) is -0.477. The van der Waals surface area contributed by atoms with E-state index in [0.717, 1.165) is 38.8 Å². The minimum atomic E-state index is -0.458. The molecule has 2 amide bonds. The lowest BCUT2D eigenvalue weighted by atomic mass is 9.77. The van der Waals surface area contributed by atoms with Gasteiger partial charge < -0.3 is 20.7 Å². The predicted molar refractivity (Wildman–Crippen MR) is 70.4 cm³/mol. The lowest BCUT2D eigenvalue weighted by Crippen LogP contribution is -2.50. The number of ether oxygens (including phenoxy) is 1. The number of amides is 2. The molecule has 2 fully saturated rings. The van der Waals surface area contributed by atoms with Crippen LogP contribution < -0.4 is 11.1 Å². The van der Waals surface area contributed by atoms with Crippen molar-refractivity contribution in [2.75, 3.05) is 26.7 Å². The fourth-order valence-electron chi connectivity index (χ4n) is 2.90. The number of nitrogens with one attached hydrogen (secondary N) is 1. The number of methoxy groups -OCH3 is 1. The quantitative estimate of drug-likeness (QED) is 0.688. The Morgan fingerprint density at radius 1 is 1.47 bits per heavy atom. The van der Waals surface area contributed by atoms with Crippen LogP contribution >= 0.6 is 0 Å². The fraction of sp³-hybridized carbons (Fsp3) is 0.846. The minimum Gasteiger partial charge on any atom is -0.378 e. The van der Waals surface area contributed by atoms with Crippen molar-refractivity contribution in [3.8, 4) is 0 Å². The van der Waals surface area contributed by atoms with E-state index in [-0.39, 0.29) is 24.1 Å². The van der Waals surface area contributed by atoms with Gasteiger partial charge in [0.1, 0.15) is 0 Å². The zero-order valence-corrected chi connectivity index (χ0v) is 11.5. The summed E-state index contributed by atoms with van der Waals surface area (Å²) in [6.07, 6.45) is 4.17. The topological polar surface area (TPSA) is 84.7 Å². The van der Waals surface area contributed by atoms with Gasteiger partial charge in [-0.3, -0.25) is 9.59 Å². The Balaban J connectivity index is 2.00. The highest BCUT2D eigenvalue weighted by atomic mass is 16.5. The maximum absolute atomic E-state index is 12.4. The van der Waals surface area contributed by atoms with E-state index in [0.29, 0.717) is 6.42 Å². The number of primary amides is 1. The van der Waals surface area contributed by atoms with Gasteiger partial charge in [-0.15, -0.1) is 0 Å². The Morgan fingerprint density at radius 2 is 2.21 bits per heavy atom. The summed E-state index contributed by atoms with van der Waals surface area (Å²) in [5, 5.41) is 3.21. The molecule has 1 atom stereocenters. The zero-order chi connectivity index (χ0) is 13.9. The van der Waals surface area contributed by atoms with Crippen LogP contribution in [0.15, 0.2) is 0 Å². The molecule has 1 unspecified atom stereocenters. The molecule has 1 saturated heterocycles. The van der Waals surface area contributed by atoms with Gasteiger partial charge in [0.25, 0.3) is 0 Å². The van der Waals surface area contributed by atoms with E-state index < -0.39 is 5.91 Å². The van der Waals surface area contributed by atoms with Crippen molar-refractivity contribution in [3.05, 3.63) is 0 Å². The number of nitrogens with two attached hydrogens (primary N) is 1. The molecule has 0 aromatic rings. The first-order valence-electron chi connectivity index (χ1n) is 6.90. The number of carbonyl (C=O) groups is 2. The smallest absolute Gasteiger partial charge is 0.237 e. The second-order valence-corrected chi connectivity index (χ2v) is 5.55. The molecule has 1 saturated carbocycles. The summed E-state index contributed by atoms with van der Waals surface area (Å²) in [7, 11) is 1.65. The van der Waals surface area contributed by atoms with Crippen LogP contribution in [-0.4, -0.2) is 55.1 Å². The van der Waals surface area contributed by atoms with Crippen molar-refractivity contribution in [1.82, 2.24) is 10.2 Å². The highest BCUT2D eigenvalue weighted by Gasteiger charge is 2.41. The Morgan fingerprint density at radius 3 is 2.63 bits per heavy atom. The molecule has 3 N–H and O–H groups in total. The maximum Gasteiger partial charge on any atom is 0.237 e. The molecule has 0 spiro atoms. The number of hydrogen-bond acceptors (Lipinski definition) is 4. The third-order valence-electron chi connectivity index (χ3n) is 4.29. The van der Waals surface area contributed by atoms with Gasteiger partial charge in [-0.1, -0.05) is 0 Å². The third-order valence-corrected chi connectivity index (χ3v) is 4.29. The molecule has 108 valence electrons. The molecule has 2 aliphatic rings. The van der Waals surface area contributed by atoms with E-state index in [1.807, 2.05) is 0 Å². The van der Waals surface area contributed by atoms with Crippen LogP contribution in [0.2, 0.25) is 0 Å². The molecule has 6 heteroatoms. The molecule has 6 nitrogen and oxygen atoms in total. The van der Waals surface area contributed by atoms with Gasteiger partial charge in [0, 0.05) is 19.7 Å². The van der Waals surface area contributed by atoms with Crippen LogP contribution in [0, 0.1) is 0 Å². The molecule has 0 aromatic heterocycles. The Kier molecular flexibility index (Phi) is 4.42. The van der Waals surface area contributed by atoms with Crippen LogP contribution in [0.4, 0.5) is 0 Å². The Bertz CT molecular complexity index is 344. The third kappa shape index (κ3) is 3.25. The summed E-state index contributed by atoms with van der Waals surface area (Å²) in [5.41, 5.74) is 4.95. The van der Waals surface area contributed by atoms with E-state index >= 15 is 0 Å². The van der Waals surface area contributed by atoms with Gasteiger partial charge in [0.2, 0.25) is 11.8 Å². The highest BCUT2D eigenvalue weighted by molar-refractivity contribution is 5.84. The summed E-state index contributed by atoms with van der Waals surface area (Å²) in [6.45, 7) is 1.62. The molecule has 0 aromatic carbocycles. The van der Waals surface area contributed by atoms with E-state index in [2.05, 4.69) is 5.32 Å². The van der Waals surface area contributed by atoms with Crippen molar-refractivity contribution in [3.63, 3.8) is 0 Å². The summed E-state index contributed by atoms with van der Waals surface area (Å²) in [4.78, 5) is 25.2. The van der Waals surface area contributed by atoms with Gasteiger partial charge in [-0.05, 0) is 32.2 Å². The molecular weight excluding hydrogens is 246 g/mol. The normalized spacial score (nSPS) is 24.8. The molecule has 2 rings (SSSR count). The monoisotopic (exact) mass is 269 g/mol. The van der Waals surface area contributed by atoms with Crippen LogP contribution in [0.25, 0.3) is 0 Å². The Hall–Kier alpha value is -1.14. The average Bonchev–Trinajstić information content (AvgIpc) is 2.83. The largest absolute Gasteiger partial charge is 0.378 e. The number of nitrogens with zero attached hydrogens (tertiary/aromatic N) is 1. The average molecular weight is 269 g/mol. The SMILES string of the molecule is COC1(CC(=O)N(CC(N)=O)C2CCNC2)CCC1. The Labute approximate surface area is 113 Å². The first-order chi connectivity index (χ1) is 9.06. The molecule has 1 heterocycles. The van der Waals surface area contributed by atoms with Crippen LogP contribution in [0.1, 0.15) is 32.1 Å². The first kappa shape index (κ1) is 14.3. The minimum absolute atomic E-state index is 0.00493. The van der Waals surface area contributed by atoms with Gasteiger partial charge in [0.05, 0.1) is 18.6 Å². The summed E-state index contributed by atoms with van der Waals surface area (Å²) in [6, 6.07) is 0.0778. The van der Waals surface area contributed by atoms with Crippen LogP contribution in [0.3, 0.4) is 0 Å². The van der Waals surface area contributed by atoms with Crippen molar-refractivity contribution in [2.24, 2.45) is 5.73 Å². The summed E-state index contributed by atoms with van der Waals surface area (Å²) < 4.78 is 5.48. The van der Waals surface area contributed by atoms with E-state index in [1.165, 1.54) is 0 Å². The summed E-state index contributed by atoms with van der Waals surface area (Å²) >= 11 is 0. The highest BCUT2D eigenvalue weighted by Crippen LogP contribution is 2.38. The van der Waals surface area contributed by atoms with Crippen molar-refractivity contribution in [2.45, 2.75) is 43.7 Å². The van der Waals surface area contributed by atoms with Crippen LogP contribution in [-0.2, 0) is 14.3 Å². The van der Waals surface area contributed by atoms with Gasteiger partial charge in [0.15, 0.2) is 0 Å². The van der Waals surface area contributed by atoms with Crippen molar-refractivity contribution < 1.29 is 14.3 Å². The van der Waals surface area contributed by atoms with Crippen molar-refractivity contribution in [1.29, 1.82) is 0 Å². The second kappa shape index (κ2) is 5.88. The number of carbonyl (C=O) groups excluding carboxylic acids is 2. The molecule has 1 aliphatic heterocycles. The van der Waals surface area contributed by atoms with Crippen molar-refractivity contribution >= 4 is 11.8 Å². The predicted octanol–water partition coefficient (Wildman–Crippen LogP) is -0.379. The first-order valence-corrected chi connectivity index (χ1v) is 6.90. The van der Waals surface area contributed by atoms with E-state index in [9.17, 15) is 9.59 Å². The van der Waals surface area contributed by atoms with Crippen LogP contribution in [0.5, 0.6) is 0 Å². The zero-order valence-electron chi connectivity index (χ0n) is 11.5. The van der Waals surface area contributed by atoms with Gasteiger partial charge >= 0.3 is 0 Å². The van der Waals surface area contributed by atoms with Gasteiger partial charge in [-0.25, -0.2) is 0 Å².